The molecular weight excluding hydrogens is 242 g/mol. The van der Waals surface area contributed by atoms with Crippen molar-refractivity contribution in [2.45, 2.75) is 50.0 Å². The Labute approximate surface area is 114 Å². The lowest BCUT2D eigenvalue weighted by Gasteiger charge is -2.22. The lowest BCUT2D eigenvalue weighted by Crippen LogP contribution is -2.37. The van der Waals surface area contributed by atoms with Gasteiger partial charge in [-0.1, -0.05) is 37.5 Å². The monoisotopic (exact) mass is 263 g/mol. The average Bonchev–Trinajstić information content (AvgIpc) is 2.39. The minimum absolute atomic E-state index is 0.176. The summed E-state index contributed by atoms with van der Waals surface area (Å²) in [7, 11) is 0. The van der Waals surface area contributed by atoms with E-state index in [2.05, 4.69) is 24.4 Å². The standard InChI is InChI=1S/C15H21NOS/c1-12-7-5-6-10-14(12)18-11-15(17)16-13-8-3-2-4-9-13/h5-7,10,13H,2-4,8-9,11H2,1H3,(H,16,17). The Morgan fingerprint density at radius 2 is 2.00 bits per heavy atom. The molecule has 0 heterocycles. The van der Waals surface area contributed by atoms with Crippen molar-refractivity contribution in [2.24, 2.45) is 0 Å². The minimum atomic E-state index is 0.176. The van der Waals surface area contributed by atoms with Gasteiger partial charge >= 0.3 is 0 Å². The summed E-state index contributed by atoms with van der Waals surface area (Å²) in [6.45, 7) is 2.08. The second-order valence-electron chi connectivity index (χ2n) is 4.96. The summed E-state index contributed by atoms with van der Waals surface area (Å²) in [6, 6.07) is 8.63. The molecule has 2 rings (SSSR count). The lowest BCUT2D eigenvalue weighted by atomic mass is 9.95. The number of rotatable bonds is 4. The predicted molar refractivity (Wildman–Crippen MR) is 76.9 cm³/mol. The van der Waals surface area contributed by atoms with Crippen molar-refractivity contribution >= 4 is 17.7 Å². The third-order valence-electron chi connectivity index (χ3n) is 3.42. The van der Waals surface area contributed by atoms with Gasteiger partial charge in [0, 0.05) is 10.9 Å². The summed E-state index contributed by atoms with van der Waals surface area (Å²) in [6.07, 6.45) is 6.15. The Balaban J connectivity index is 1.76. The number of carbonyl (C=O) groups is 1. The molecule has 18 heavy (non-hydrogen) atoms. The molecule has 0 aliphatic heterocycles. The van der Waals surface area contributed by atoms with Gasteiger partial charge in [0.15, 0.2) is 0 Å². The molecule has 98 valence electrons. The van der Waals surface area contributed by atoms with E-state index in [0.717, 1.165) is 12.8 Å². The molecule has 1 aliphatic rings. The molecule has 1 aromatic rings. The van der Waals surface area contributed by atoms with Gasteiger partial charge in [0.25, 0.3) is 0 Å². The molecule has 2 nitrogen and oxygen atoms in total. The normalized spacial score (nSPS) is 16.5. The molecule has 3 heteroatoms. The van der Waals surface area contributed by atoms with E-state index in [1.807, 2.05) is 12.1 Å². The summed E-state index contributed by atoms with van der Waals surface area (Å²) in [4.78, 5) is 13.1. The minimum Gasteiger partial charge on any atom is -0.353 e. The Morgan fingerprint density at radius 3 is 2.72 bits per heavy atom. The molecule has 0 spiro atoms. The lowest BCUT2D eigenvalue weighted by molar-refractivity contribution is -0.119. The number of hydrogen-bond acceptors (Lipinski definition) is 2. The molecule has 1 saturated carbocycles. The van der Waals surface area contributed by atoms with Gasteiger partial charge in [-0.25, -0.2) is 0 Å². The maximum atomic E-state index is 11.9. The van der Waals surface area contributed by atoms with E-state index in [-0.39, 0.29) is 5.91 Å². The molecule has 1 aromatic carbocycles. The van der Waals surface area contributed by atoms with Crippen molar-refractivity contribution < 1.29 is 4.79 Å². The first kappa shape index (κ1) is 13.5. The highest BCUT2D eigenvalue weighted by molar-refractivity contribution is 8.00. The Bertz CT molecular complexity index is 399. The van der Waals surface area contributed by atoms with Crippen LogP contribution < -0.4 is 5.32 Å². The number of aryl methyl sites for hydroxylation is 1. The van der Waals surface area contributed by atoms with Crippen LogP contribution in [0.1, 0.15) is 37.7 Å². The third kappa shape index (κ3) is 4.05. The fourth-order valence-electron chi connectivity index (χ4n) is 2.38. The number of hydrogen-bond donors (Lipinski definition) is 1. The van der Waals surface area contributed by atoms with Crippen LogP contribution in [0.5, 0.6) is 0 Å². The van der Waals surface area contributed by atoms with Crippen LogP contribution in [0.3, 0.4) is 0 Å². The number of nitrogens with one attached hydrogen (secondary N) is 1. The molecular formula is C15H21NOS. The second kappa shape index (κ2) is 6.83. The first-order valence-corrected chi connectivity index (χ1v) is 7.72. The third-order valence-corrected chi connectivity index (χ3v) is 4.60. The number of amides is 1. The largest absolute Gasteiger partial charge is 0.353 e. The maximum absolute atomic E-state index is 11.9. The van der Waals surface area contributed by atoms with Gasteiger partial charge in [0.2, 0.25) is 5.91 Å². The van der Waals surface area contributed by atoms with Crippen molar-refractivity contribution in [3.8, 4) is 0 Å². The first-order chi connectivity index (χ1) is 8.75. The Hall–Kier alpha value is -0.960. The SMILES string of the molecule is Cc1ccccc1SCC(=O)NC1CCCCC1. The number of thioether (sulfide) groups is 1. The molecule has 1 fully saturated rings. The Morgan fingerprint density at radius 1 is 1.28 bits per heavy atom. The van der Waals surface area contributed by atoms with Crippen molar-refractivity contribution in [3.63, 3.8) is 0 Å². The summed E-state index contributed by atoms with van der Waals surface area (Å²) < 4.78 is 0. The van der Waals surface area contributed by atoms with Crippen LogP contribution in [-0.2, 0) is 4.79 Å². The molecule has 0 bridgehead atoms. The van der Waals surface area contributed by atoms with Crippen LogP contribution in [0.2, 0.25) is 0 Å². The molecule has 0 unspecified atom stereocenters. The van der Waals surface area contributed by atoms with Gasteiger partial charge in [0.1, 0.15) is 0 Å². The molecule has 1 aliphatic carbocycles. The highest BCUT2D eigenvalue weighted by Crippen LogP contribution is 2.22. The van der Waals surface area contributed by atoms with E-state index in [1.165, 1.54) is 29.7 Å². The molecule has 0 radical (unpaired) electrons. The van der Waals surface area contributed by atoms with Gasteiger partial charge in [-0.3, -0.25) is 4.79 Å². The van der Waals surface area contributed by atoms with Gasteiger partial charge in [0.05, 0.1) is 5.75 Å². The Kier molecular flexibility index (Phi) is 5.12. The van der Waals surface area contributed by atoms with Crippen LogP contribution >= 0.6 is 11.8 Å². The van der Waals surface area contributed by atoms with E-state index in [1.54, 1.807) is 11.8 Å². The number of benzene rings is 1. The average molecular weight is 263 g/mol. The summed E-state index contributed by atoms with van der Waals surface area (Å²) >= 11 is 1.63. The fraction of sp³-hybridized carbons (Fsp3) is 0.533. The van der Waals surface area contributed by atoms with Crippen molar-refractivity contribution in [3.05, 3.63) is 29.8 Å². The van der Waals surface area contributed by atoms with E-state index in [9.17, 15) is 4.79 Å². The van der Waals surface area contributed by atoms with Crippen LogP contribution in [0.25, 0.3) is 0 Å². The summed E-state index contributed by atoms with van der Waals surface area (Å²) in [5.74, 6) is 0.705. The van der Waals surface area contributed by atoms with E-state index < -0.39 is 0 Å². The zero-order chi connectivity index (χ0) is 12.8. The zero-order valence-electron chi connectivity index (χ0n) is 10.9. The van der Waals surface area contributed by atoms with Gasteiger partial charge in [-0.2, -0.15) is 0 Å². The summed E-state index contributed by atoms with van der Waals surface area (Å²) in [5, 5.41) is 3.15. The van der Waals surface area contributed by atoms with Crippen LogP contribution in [0.15, 0.2) is 29.2 Å². The van der Waals surface area contributed by atoms with Crippen LogP contribution in [-0.4, -0.2) is 17.7 Å². The smallest absolute Gasteiger partial charge is 0.230 e. The summed E-state index contributed by atoms with van der Waals surface area (Å²) in [5.41, 5.74) is 1.24. The van der Waals surface area contributed by atoms with Crippen LogP contribution in [0.4, 0.5) is 0 Å². The quantitative estimate of drug-likeness (QED) is 0.842. The van der Waals surface area contributed by atoms with Crippen molar-refractivity contribution in [1.29, 1.82) is 0 Å². The number of carbonyl (C=O) groups excluding carboxylic acids is 1. The molecule has 0 atom stereocenters. The van der Waals surface area contributed by atoms with E-state index in [4.69, 9.17) is 0 Å². The topological polar surface area (TPSA) is 29.1 Å². The van der Waals surface area contributed by atoms with Crippen LogP contribution in [0, 0.1) is 6.92 Å². The molecule has 0 aromatic heterocycles. The molecule has 1 amide bonds. The fourth-order valence-corrected chi connectivity index (χ4v) is 3.22. The molecule has 0 saturated heterocycles. The van der Waals surface area contributed by atoms with Gasteiger partial charge < -0.3 is 5.32 Å². The van der Waals surface area contributed by atoms with E-state index in [0.29, 0.717) is 11.8 Å². The maximum Gasteiger partial charge on any atom is 0.230 e. The molecule has 1 N–H and O–H groups in total. The zero-order valence-corrected chi connectivity index (χ0v) is 11.8. The first-order valence-electron chi connectivity index (χ1n) is 6.73. The van der Waals surface area contributed by atoms with Crippen molar-refractivity contribution in [1.82, 2.24) is 5.32 Å². The highest BCUT2D eigenvalue weighted by atomic mass is 32.2. The second-order valence-corrected chi connectivity index (χ2v) is 5.97. The van der Waals surface area contributed by atoms with E-state index >= 15 is 0 Å². The highest BCUT2D eigenvalue weighted by Gasteiger charge is 2.15. The van der Waals surface area contributed by atoms with Gasteiger partial charge in [-0.15, -0.1) is 11.8 Å². The van der Waals surface area contributed by atoms with Crippen molar-refractivity contribution in [2.75, 3.05) is 5.75 Å². The predicted octanol–water partition coefficient (Wildman–Crippen LogP) is 3.54. The van der Waals surface area contributed by atoms with Gasteiger partial charge in [-0.05, 0) is 31.4 Å².